The van der Waals surface area contributed by atoms with Crippen molar-refractivity contribution in [2.75, 3.05) is 0 Å². The minimum atomic E-state index is -4.41. The zero-order valence-corrected chi connectivity index (χ0v) is 13.2. The van der Waals surface area contributed by atoms with Crippen LogP contribution in [0.1, 0.15) is 33.9 Å². The number of alkyl halides is 3. The smallest absolute Gasteiger partial charge is 0.320 e. The van der Waals surface area contributed by atoms with Crippen LogP contribution in [0.4, 0.5) is 13.2 Å². The molecule has 0 fully saturated rings. The highest BCUT2D eigenvalue weighted by Crippen LogP contribution is 2.36. The van der Waals surface area contributed by atoms with Gasteiger partial charge in [-0.1, -0.05) is 51.3 Å². The van der Waals surface area contributed by atoms with Crippen molar-refractivity contribution in [3.63, 3.8) is 0 Å². The summed E-state index contributed by atoms with van der Waals surface area (Å²) in [6.07, 6.45) is -4.41. The molecule has 0 aliphatic carbocycles. The predicted octanol–water partition coefficient (Wildman–Crippen LogP) is 5.13. The van der Waals surface area contributed by atoms with Crippen molar-refractivity contribution in [1.82, 2.24) is 0 Å². The fraction of sp³-hybridized carbons (Fsp3) is 0.250. The Morgan fingerprint density at radius 1 is 0.952 bits per heavy atom. The first-order valence-electron chi connectivity index (χ1n) is 6.39. The topological polar surface area (TPSA) is 26.0 Å². The molecule has 0 saturated carbocycles. The molecule has 0 radical (unpaired) electrons. The third-order valence-electron chi connectivity index (χ3n) is 3.26. The van der Waals surface area contributed by atoms with E-state index in [0.717, 1.165) is 22.8 Å². The van der Waals surface area contributed by atoms with E-state index in [1.807, 2.05) is 32.0 Å². The third kappa shape index (κ3) is 3.66. The van der Waals surface area contributed by atoms with Gasteiger partial charge in [0.15, 0.2) is 0 Å². The lowest BCUT2D eigenvalue weighted by atomic mass is 9.95. The average molecular weight is 358 g/mol. The summed E-state index contributed by atoms with van der Waals surface area (Å²) in [5.74, 6) is 0. The van der Waals surface area contributed by atoms with Gasteiger partial charge in [-0.25, -0.2) is 0 Å². The minimum Gasteiger partial charge on any atom is -0.320 e. The van der Waals surface area contributed by atoms with E-state index in [1.165, 1.54) is 6.07 Å². The molecule has 0 spiro atoms. The van der Waals surface area contributed by atoms with Gasteiger partial charge in [-0.3, -0.25) is 0 Å². The molecule has 0 aliphatic rings. The van der Waals surface area contributed by atoms with Crippen molar-refractivity contribution in [3.05, 3.63) is 68.7 Å². The predicted molar refractivity (Wildman–Crippen MR) is 81.1 cm³/mol. The van der Waals surface area contributed by atoms with E-state index in [9.17, 15) is 13.2 Å². The Morgan fingerprint density at radius 2 is 1.52 bits per heavy atom. The molecule has 1 unspecified atom stereocenters. The second kappa shape index (κ2) is 5.81. The minimum absolute atomic E-state index is 0.0198. The molecule has 21 heavy (non-hydrogen) atoms. The monoisotopic (exact) mass is 357 g/mol. The summed E-state index contributed by atoms with van der Waals surface area (Å²) in [7, 11) is 0. The maximum Gasteiger partial charge on any atom is 0.417 e. The molecular weight excluding hydrogens is 343 g/mol. The van der Waals surface area contributed by atoms with Gasteiger partial charge >= 0.3 is 6.18 Å². The van der Waals surface area contributed by atoms with E-state index in [-0.39, 0.29) is 4.47 Å². The Bertz CT molecular complexity index is 645. The molecule has 5 heteroatoms. The summed E-state index contributed by atoms with van der Waals surface area (Å²) in [6, 6.07) is 9.31. The first kappa shape index (κ1) is 16.0. The number of hydrogen-bond acceptors (Lipinski definition) is 1. The quantitative estimate of drug-likeness (QED) is 0.791. The summed E-state index contributed by atoms with van der Waals surface area (Å²) >= 11 is 2.93. The van der Waals surface area contributed by atoms with Crippen LogP contribution in [0.15, 0.2) is 40.9 Å². The summed E-state index contributed by atoms with van der Waals surface area (Å²) in [4.78, 5) is 0. The first-order chi connectivity index (χ1) is 9.68. The fourth-order valence-electron chi connectivity index (χ4n) is 2.34. The molecule has 2 aromatic carbocycles. The van der Waals surface area contributed by atoms with Crippen LogP contribution in [-0.4, -0.2) is 0 Å². The van der Waals surface area contributed by atoms with Crippen molar-refractivity contribution in [2.24, 2.45) is 5.73 Å². The van der Waals surface area contributed by atoms with Crippen LogP contribution in [0.2, 0.25) is 0 Å². The van der Waals surface area contributed by atoms with E-state index in [0.29, 0.717) is 5.56 Å². The molecule has 0 heterocycles. The molecule has 1 nitrogen and oxygen atoms in total. The number of rotatable bonds is 2. The zero-order valence-electron chi connectivity index (χ0n) is 11.6. The van der Waals surface area contributed by atoms with Gasteiger partial charge in [0.05, 0.1) is 11.6 Å². The highest BCUT2D eigenvalue weighted by Gasteiger charge is 2.33. The van der Waals surface area contributed by atoms with Crippen LogP contribution >= 0.6 is 15.9 Å². The van der Waals surface area contributed by atoms with Gasteiger partial charge in [0.1, 0.15) is 0 Å². The van der Waals surface area contributed by atoms with Crippen LogP contribution in [0.3, 0.4) is 0 Å². The zero-order chi connectivity index (χ0) is 15.8. The van der Waals surface area contributed by atoms with Crippen LogP contribution in [-0.2, 0) is 6.18 Å². The first-order valence-corrected chi connectivity index (χ1v) is 7.18. The average Bonchev–Trinajstić information content (AvgIpc) is 2.36. The van der Waals surface area contributed by atoms with Crippen LogP contribution in [0.5, 0.6) is 0 Å². The molecule has 112 valence electrons. The van der Waals surface area contributed by atoms with Crippen LogP contribution in [0, 0.1) is 13.8 Å². The highest BCUT2D eigenvalue weighted by molar-refractivity contribution is 9.10. The Balaban J connectivity index is 2.46. The standard InChI is InChI=1S/C16H15BrF3N/c1-9-5-10(2)7-12(6-9)15(21)11-3-4-14(17)13(8-11)16(18,19)20/h3-8,15H,21H2,1-2H3. The summed E-state index contributed by atoms with van der Waals surface area (Å²) < 4.78 is 38.9. The molecule has 0 aromatic heterocycles. The number of nitrogens with two attached hydrogens (primary N) is 1. The summed E-state index contributed by atoms with van der Waals surface area (Å²) in [5.41, 5.74) is 8.75. The van der Waals surface area contributed by atoms with Crippen LogP contribution in [0.25, 0.3) is 0 Å². The van der Waals surface area contributed by atoms with Gasteiger partial charge in [-0.15, -0.1) is 0 Å². The van der Waals surface area contributed by atoms with Crippen molar-refractivity contribution in [3.8, 4) is 0 Å². The third-order valence-corrected chi connectivity index (χ3v) is 3.95. The second-order valence-electron chi connectivity index (χ2n) is 5.14. The fourth-order valence-corrected chi connectivity index (χ4v) is 2.81. The molecule has 0 bridgehead atoms. The Kier molecular flexibility index (Phi) is 4.44. The van der Waals surface area contributed by atoms with Gasteiger partial charge in [0.2, 0.25) is 0 Å². The molecule has 2 aromatic rings. The molecular formula is C16H15BrF3N. The van der Waals surface area contributed by atoms with Crippen molar-refractivity contribution in [2.45, 2.75) is 26.1 Å². The van der Waals surface area contributed by atoms with E-state index >= 15 is 0 Å². The summed E-state index contributed by atoms with van der Waals surface area (Å²) in [6.45, 7) is 3.87. The number of halogens is 4. The highest BCUT2D eigenvalue weighted by atomic mass is 79.9. The molecule has 0 aliphatic heterocycles. The maximum absolute atomic E-state index is 13.0. The Hall–Kier alpha value is -1.33. The maximum atomic E-state index is 13.0. The number of aryl methyl sites for hydroxylation is 2. The summed E-state index contributed by atoms with van der Waals surface area (Å²) in [5, 5.41) is 0. The lowest BCUT2D eigenvalue weighted by Gasteiger charge is -2.17. The van der Waals surface area contributed by atoms with E-state index in [4.69, 9.17) is 5.73 Å². The molecule has 0 amide bonds. The molecule has 2 N–H and O–H groups in total. The van der Waals surface area contributed by atoms with E-state index in [1.54, 1.807) is 6.07 Å². The largest absolute Gasteiger partial charge is 0.417 e. The number of hydrogen-bond donors (Lipinski definition) is 1. The Labute approximate surface area is 130 Å². The van der Waals surface area contributed by atoms with Crippen LogP contribution < -0.4 is 5.73 Å². The second-order valence-corrected chi connectivity index (χ2v) is 5.99. The van der Waals surface area contributed by atoms with Gasteiger partial charge in [0.25, 0.3) is 0 Å². The lowest BCUT2D eigenvalue weighted by molar-refractivity contribution is -0.138. The van der Waals surface area contributed by atoms with Gasteiger partial charge < -0.3 is 5.73 Å². The van der Waals surface area contributed by atoms with Gasteiger partial charge in [0, 0.05) is 4.47 Å². The molecule has 0 saturated heterocycles. The van der Waals surface area contributed by atoms with Crippen molar-refractivity contribution >= 4 is 15.9 Å². The molecule has 2 rings (SSSR count). The van der Waals surface area contributed by atoms with Crippen molar-refractivity contribution in [1.29, 1.82) is 0 Å². The Morgan fingerprint density at radius 3 is 2.05 bits per heavy atom. The molecule has 1 atom stereocenters. The van der Waals surface area contributed by atoms with Gasteiger partial charge in [-0.2, -0.15) is 13.2 Å². The van der Waals surface area contributed by atoms with Crippen molar-refractivity contribution < 1.29 is 13.2 Å². The van der Waals surface area contributed by atoms with E-state index in [2.05, 4.69) is 15.9 Å². The normalized spacial score (nSPS) is 13.3. The lowest BCUT2D eigenvalue weighted by Crippen LogP contribution is -2.14. The van der Waals surface area contributed by atoms with Gasteiger partial charge in [-0.05, 0) is 37.1 Å². The number of benzene rings is 2. The SMILES string of the molecule is Cc1cc(C)cc(C(N)c2ccc(Br)c(C(F)(F)F)c2)c1. The van der Waals surface area contributed by atoms with E-state index < -0.39 is 17.8 Å².